The van der Waals surface area contributed by atoms with E-state index in [0.29, 0.717) is 36.8 Å². The number of allylic oxidation sites excluding steroid dienone is 1. The minimum Gasteiger partial charge on any atom is -0.207 e. The van der Waals surface area contributed by atoms with Gasteiger partial charge in [0.05, 0.1) is 0 Å². The molecule has 2 aliphatic rings. The van der Waals surface area contributed by atoms with E-state index in [1.807, 2.05) is 0 Å². The van der Waals surface area contributed by atoms with E-state index in [4.69, 9.17) is 0 Å². The van der Waals surface area contributed by atoms with E-state index < -0.39 is 40.9 Å². The summed E-state index contributed by atoms with van der Waals surface area (Å²) in [5, 5.41) is 0. The Bertz CT molecular complexity index is 969. The SMILES string of the molecule is C=CC1CCC2c3cc(F)cc(F)c3CCC2C1c1cc(F)c(C(F)(F)F)c(F)c1. The normalized spacial score (nSPS) is 26.1. The van der Waals surface area contributed by atoms with Crippen molar-refractivity contribution in [3.05, 3.63) is 82.4 Å². The van der Waals surface area contributed by atoms with Gasteiger partial charge in [-0.1, -0.05) is 6.08 Å². The van der Waals surface area contributed by atoms with Crippen LogP contribution in [-0.2, 0) is 12.6 Å². The Morgan fingerprint density at radius 3 is 2.13 bits per heavy atom. The molecular formula is C23H19F7. The molecule has 0 spiro atoms. The highest BCUT2D eigenvalue weighted by Crippen LogP contribution is 2.54. The van der Waals surface area contributed by atoms with Gasteiger partial charge in [0.15, 0.2) is 0 Å². The van der Waals surface area contributed by atoms with Gasteiger partial charge in [0.2, 0.25) is 0 Å². The zero-order chi connectivity index (χ0) is 21.8. The summed E-state index contributed by atoms with van der Waals surface area (Å²) in [6.07, 6.45) is -1.51. The summed E-state index contributed by atoms with van der Waals surface area (Å²) in [6.45, 7) is 3.78. The van der Waals surface area contributed by atoms with Crippen LogP contribution in [0.1, 0.15) is 53.4 Å². The van der Waals surface area contributed by atoms with Crippen LogP contribution < -0.4 is 0 Å². The Labute approximate surface area is 169 Å². The molecule has 0 saturated heterocycles. The van der Waals surface area contributed by atoms with Gasteiger partial charge in [-0.05, 0) is 84.2 Å². The first kappa shape index (κ1) is 20.9. The van der Waals surface area contributed by atoms with Crippen LogP contribution in [0.4, 0.5) is 30.7 Å². The molecule has 1 saturated carbocycles. The lowest BCUT2D eigenvalue weighted by Gasteiger charge is -2.46. The molecule has 2 aromatic rings. The highest BCUT2D eigenvalue weighted by atomic mass is 19.4. The number of hydrogen-bond acceptors (Lipinski definition) is 0. The van der Waals surface area contributed by atoms with Crippen LogP contribution in [0.25, 0.3) is 0 Å². The summed E-state index contributed by atoms with van der Waals surface area (Å²) in [7, 11) is 0. The first-order valence-corrected chi connectivity index (χ1v) is 9.78. The van der Waals surface area contributed by atoms with Crippen LogP contribution in [-0.4, -0.2) is 0 Å². The van der Waals surface area contributed by atoms with Crippen molar-refractivity contribution in [3.63, 3.8) is 0 Å². The molecule has 4 unspecified atom stereocenters. The maximum absolute atomic E-state index is 14.3. The summed E-state index contributed by atoms with van der Waals surface area (Å²) in [6, 6.07) is 3.63. The van der Waals surface area contributed by atoms with Crippen molar-refractivity contribution >= 4 is 0 Å². The minimum absolute atomic E-state index is 0.123. The van der Waals surface area contributed by atoms with Crippen molar-refractivity contribution in [2.75, 3.05) is 0 Å². The van der Waals surface area contributed by atoms with Crippen LogP contribution in [0.5, 0.6) is 0 Å². The van der Waals surface area contributed by atoms with E-state index in [-0.39, 0.29) is 23.3 Å². The molecule has 7 heteroatoms. The first-order valence-electron chi connectivity index (χ1n) is 9.78. The predicted octanol–water partition coefficient (Wildman–Crippen LogP) is 7.29. The summed E-state index contributed by atoms with van der Waals surface area (Å²) in [5.41, 5.74) is -0.799. The molecule has 0 aromatic heterocycles. The van der Waals surface area contributed by atoms with Crippen molar-refractivity contribution in [1.29, 1.82) is 0 Å². The summed E-state index contributed by atoms with van der Waals surface area (Å²) in [4.78, 5) is 0. The number of hydrogen-bond donors (Lipinski definition) is 0. The average molecular weight is 428 g/mol. The zero-order valence-electron chi connectivity index (χ0n) is 15.9. The van der Waals surface area contributed by atoms with E-state index in [0.717, 1.165) is 18.2 Å². The highest BCUT2D eigenvalue weighted by Gasteiger charge is 2.44. The smallest absolute Gasteiger partial charge is 0.207 e. The van der Waals surface area contributed by atoms with Gasteiger partial charge >= 0.3 is 6.18 Å². The Balaban J connectivity index is 1.80. The molecule has 4 rings (SSSR count). The molecule has 160 valence electrons. The molecule has 0 bridgehead atoms. The fraction of sp³-hybridized carbons (Fsp3) is 0.391. The third kappa shape index (κ3) is 3.42. The van der Waals surface area contributed by atoms with Crippen molar-refractivity contribution < 1.29 is 30.7 Å². The molecule has 1 fully saturated rings. The largest absolute Gasteiger partial charge is 0.422 e. The Kier molecular flexibility index (Phi) is 5.19. The van der Waals surface area contributed by atoms with Gasteiger partial charge in [-0.25, -0.2) is 17.6 Å². The lowest BCUT2D eigenvalue weighted by Crippen LogP contribution is -2.35. The van der Waals surface area contributed by atoms with Gasteiger partial charge < -0.3 is 0 Å². The molecule has 2 aliphatic carbocycles. The monoisotopic (exact) mass is 428 g/mol. The van der Waals surface area contributed by atoms with E-state index in [2.05, 4.69) is 6.58 Å². The highest BCUT2D eigenvalue weighted by molar-refractivity contribution is 5.39. The Morgan fingerprint density at radius 2 is 1.53 bits per heavy atom. The lowest BCUT2D eigenvalue weighted by atomic mass is 9.58. The van der Waals surface area contributed by atoms with Crippen molar-refractivity contribution in [2.45, 2.75) is 43.7 Å². The molecule has 4 atom stereocenters. The van der Waals surface area contributed by atoms with Gasteiger partial charge in [0.25, 0.3) is 0 Å². The number of benzene rings is 2. The van der Waals surface area contributed by atoms with Gasteiger partial charge in [-0.2, -0.15) is 13.2 Å². The summed E-state index contributed by atoms with van der Waals surface area (Å²) >= 11 is 0. The minimum atomic E-state index is -5.14. The Hall–Kier alpha value is -2.31. The number of fused-ring (bicyclic) bond motifs is 3. The van der Waals surface area contributed by atoms with Gasteiger partial charge in [0, 0.05) is 6.07 Å². The van der Waals surface area contributed by atoms with Gasteiger partial charge in [-0.15, -0.1) is 6.58 Å². The first-order chi connectivity index (χ1) is 14.1. The quantitative estimate of drug-likeness (QED) is 0.348. The van der Waals surface area contributed by atoms with Crippen LogP contribution in [0.15, 0.2) is 36.9 Å². The van der Waals surface area contributed by atoms with E-state index >= 15 is 0 Å². The Morgan fingerprint density at radius 1 is 0.867 bits per heavy atom. The molecule has 0 amide bonds. The third-order valence-electron chi connectivity index (χ3n) is 6.61. The fourth-order valence-corrected chi connectivity index (χ4v) is 5.44. The van der Waals surface area contributed by atoms with Crippen molar-refractivity contribution in [3.8, 4) is 0 Å². The third-order valence-corrected chi connectivity index (χ3v) is 6.61. The lowest BCUT2D eigenvalue weighted by molar-refractivity contribution is -0.142. The van der Waals surface area contributed by atoms with Crippen molar-refractivity contribution in [1.82, 2.24) is 0 Å². The van der Waals surface area contributed by atoms with E-state index in [1.165, 1.54) is 6.07 Å². The standard InChI is InChI=1S/C23H19F7/c1-2-11-3-4-14-16(6-5-15-17(14)9-13(24)10-18(15)25)21(11)12-7-19(26)22(20(27)8-12)23(28,29)30/h2,7-11,14,16,21H,1,3-6H2. The maximum atomic E-state index is 14.3. The average Bonchev–Trinajstić information content (AvgIpc) is 2.64. The summed E-state index contributed by atoms with van der Waals surface area (Å²) < 4.78 is 95.6. The molecule has 0 aliphatic heterocycles. The second kappa shape index (κ2) is 7.43. The second-order valence-electron chi connectivity index (χ2n) is 8.12. The van der Waals surface area contributed by atoms with E-state index in [9.17, 15) is 30.7 Å². The molecule has 0 nitrogen and oxygen atoms in total. The van der Waals surface area contributed by atoms with Gasteiger partial charge in [-0.3, -0.25) is 0 Å². The fourth-order valence-electron chi connectivity index (χ4n) is 5.44. The molecule has 2 aromatic carbocycles. The molecule has 0 radical (unpaired) electrons. The van der Waals surface area contributed by atoms with Gasteiger partial charge in [0.1, 0.15) is 28.8 Å². The van der Waals surface area contributed by atoms with Crippen LogP contribution >= 0.6 is 0 Å². The maximum Gasteiger partial charge on any atom is 0.422 e. The van der Waals surface area contributed by atoms with Crippen LogP contribution in [0, 0.1) is 35.1 Å². The molecule has 0 heterocycles. The van der Waals surface area contributed by atoms with Crippen molar-refractivity contribution in [2.24, 2.45) is 11.8 Å². The number of halogens is 7. The zero-order valence-corrected chi connectivity index (χ0v) is 15.9. The van der Waals surface area contributed by atoms with E-state index in [1.54, 1.807) is 6.08 Å². The number of rotatable bonds is 2. The molecule has 0 N–H and O–H groups in total. The number of alkyl halides is 3. The molecule has 30 heavy (non-hydrogen) atoms. The topological polar surface area (TPSA) is 0 Å². The predicted molar refractivity (Wildman–Crippen MR) is 97.9 cm³/mol. The molecular weight excluding hydrogens is 409 g/mol. The second-order valence-corrected chi connectivity index (χ2v) is 8.12. The summed E-state index contributed by atoms with van der Waals surface area (Å²) in [5.74, 6) is -5.78. The van der Waals surface area contributed by atoms with Crippen LogP contribution in [0.3, 0.4) is 0 Å². The van der Waals surface area contributed by atoms with Crippen LogP contribution in [0.2, 0.25) is 0 Å².